The third-order valence-electron chi connectivity index (χ3n) is 8.12. The molecular weight excluding hydrogens is 669 g/mol. The smallest absolute Gasteiger partial charge is 0.472 e. The van der Waals surface area contributed by atoms with Crippen LogP contribution in [0.3, 0.4) is 0 Å². The number of ether oxygens (including phenoxy) is 2. The summed E-state index contributed by atoms with van der Waals surface area (Å²) in [7, 11) is -4.62. The van der Waals surface area contributed by atoms with Crippen molar-refractivity contribution in [3.05, 3.63) is 48.6 Å². The van der Waals surface area contributed by atoms with Crippen LogP contribution in [-0.4, -0.2) is 60.5 Å². The summed E-state index contributed by atoms with van der Waals surface area (Å²) in [6, 6.07) is -1.48. The van der Waals surface area contributed by atoms with Crippen molar-refractivity contribution in [2.75, 3.05) is 26.4 Å². The molecule has 51 heavy (non-hydrogen) atoms. The van der Waals surface area contributed by atoms with Gasteiger partial charge in [-0.25, -0.2) is 4.57 Å². The van der Waals surface area contributed by atoms with Gasteiger partial charge >= 0.3 is 19.8 Å². The zero-order valence-corrected chi connectivity index (χ0v) is 32.8. The molecule has 0 aliphatic carbocycles. The number of phosphoric ester groups is 1. The molecule has 0 rings (SSSR count). The Kier molecular flexibility index (Phi) is 34.8. The highest BCUT2D eigenvalue weighted by atomic mass is 31.2. The lowest BCUT2D eigenvalue weighted by Crippen LogP contribution is -2.34. The third-order valence-corrected chi connectivity index (χ3v) is 9.07. The molecule has 0 fully saturated rings. The molecule has 10 nitrogen and oxygen atoms in total. The summed E-state index contributed by atoms with van der Waals surface area (Å²) >= 11 is 0. The predicted molar refractivity (Wildman–Crippen MR) is 208 cm³/mol. The van der Waals surface area contributed by atoms with Crippen molar-refractivity contribution < 1.29 is 42.7 Å². The van der Waals surface area contributed by atoms with E-state index in [1.54, 1.807) is 0 Å². The first-order valence-corrected chi connectivity index (χ1v) is 21.2. The van der Waals surface area contributed by atoms with Crippen molar-refractivity contribution in [3.8, 4) is 0 Å². The summed E-state index contributed by atoms with van der Waals surface area (Å²) in [5.74, 6) is -1.80. The van der Waals surface area contributed by atoms with Gasteiger partial charge in [0.05, 0.1) is 19.8 Å². The number of unbranched alkanes of at least 4 members (excludes halogenated alkanes) is 15. The zero-order chi connectivity index (χ0) is 37.7. The van der Waals surface area contributed by atoms with E-state index in [0.717, 1.165) is 70.6 Å². The number of allylic oxidation sites excluding steroid dienone is 8. The Morgan fingerprint density at radius 1 is 0.647 bits per heavy atom. The van der Waals surface area contributed by atoms with Crippen molar-refractivity contribution in [1.29, 1.82) is 0 Å². The third kappa shape index (κ3) is 36.1. The fourth-order valence-electron chi connectivity index (χ4n) is 5.06. The Hall–Kier alpha value is -2.07. The van der Waals surface area contributed by atoms with Crippen LogP contribution in [0.15, 0.2) is 48.6 Å². The van der Waals surface area contributed by atoms with E-state index in [9.17, 15) is 19.0 Å². The van der Waals surface area contributed by atoms with Gasteiger partial charge in [-0.3, -0.25) is 18.6 Å². The fourth-order valence-corrected chi connectivity index (χ4v) is 5.84. The minimum absolute atomic E-state index is 0.00722. The number of rotatable bonds is 37. The topological polar surface area (TPSA) is 155 Å². The standard InChI is InChI=1S/C40H72NO9P/c1-3-5-7-9-11-13-15-17-18-19-20-21-22-24-26-28-30-32-39(42)50-37(35-48-51(45,46)49-36-38(41)40(43)44)34-47-33-31-29-27-25-23-16-14-12-10-8-6-4-2/h5,7,11,13,17-18,20-21,37-38H,3-4,6,8-10,12,14-16,19,22-36,41H2,1-2H3,(H,43,44)(H,45,46)/b7-5-,13-11-,18-17-,21-20-. The van der Waals surface area contributed by atoms with E-state index in [4.69, 9.17) is 29.4 Å². The van der Waals surface area contributed by atoms with Crippen LogP contribution in [0.5, 0.6) is 0 Å². The second-order valence-electron chi connectivity index (χ2n) is 13.0. The quantitative estimate of drug-likeness (QED) is 0.0242. The number of carboxylic acids is 1. The maximum Gasteiger partial charge on any atom is 0.472 e. The molecule has 0 spiro atoms. The molecule has 0 amide bonds. The van der Waals surface area contributed by atoms with E-state index >= 15 is 0 Å². The van der Waals surface area contributed by atoms with Crippen LogP contribution in [0.2, 0.25) is 0 Å². The van der Waals surface area contributed by atoms with Crippen molar-refractivity contribution in [3.63, 3.8) is 0 Å². The first-order chi connectivity index (χ1) is 24.7. The van der Waals surface area contributed by atoms with E-state index in [1.807, 2.05) is 0 Å². The van der Waals surface area contributed by atoms with Gasteiger partial charge in [0, 0.05) is 13.0 Å². The van der Waals surface area contributed by atoms with Gasteiger partial charge in [0.25, 0.3) is 0 Å². The molecule has 0 saturated carbocycles. The molecule has 3 atom stereocenters. The Bertz CT molecular complexity index is 998. The molecule has 0 aliphatic heterocycles. The highest BCUT2D eigenvalue weighted by molar-refractivity contribution is 7.47. The summed E-state index contributed by atoms with van der Waals surface area (Å²) in [5.41, 5.74) is 5.34. The van der Waals surface area contributed by atoms with Crippen LogP contribution in [0.25, 0.3) is 0 Å². The predicted octanol–water partition coefficient (Wildman–Crippen LogP) is 10.3. The number of carboxylic acid groups (broad SMARTS) is 1. The molecule has 0 heterocycles. The van der Waals surface area contributed by atoms with Crippen molar-refractivity contribution in [1.82, 2.24) is 0 Å². The SMILES string of the molecule is CC/C=C\C/C=C\C/C=C\C/C=C\CCCCCCC(=O)OC(COCCCCCCCCCCCCCC)COP(=O)(O)OCC(N)C(=O)O. The normalized spacial score (nSPS) is 14.6. The fraction of sp³-hybridized carbons (Fsp3) is 0.750. The largest absolute Gasteiger partial charge is 0.480 e. The second-order valence-corrected chi connectivity index (χ2v) is 14.5. The first-order valence-electron chi connectivity index (χ1n) is 19.7. The van der Waals surface area contributed by atoms with Gasteiger partial charge in [0.1, 0.15) is 12.1 Å². The average Bonchev–Trinajstić information content (AvgIpc) is 3.10. The first kappa shape index (κ1) is 48.9. The Morgan fingerprint density at radius 3 is 1.71 bits per heavy atom. The molecular formula is C40H72NO9P. The van der Waals surface area contributed by atoms with Gasteiger partial charge in [-0.15, -0.1) is 0 Å². The molecule has 0 aliphatic rings. The molecule has 0 bridgehead atoms. The summed E-state index contributed by atoms with van der Waals surface area (Å²) in [5, 5.41) is 8.87. The van der Waals surface area contributed by atoms with Gasteiger partial charge in [-0.05, 0) is 51.4 Å². The van der Waals surface area contributed by atoms with E-state index in [-0.39, 0.29) is 13.0 Å². The van der Waals surface area contributed by atoms with Crippen LogP contribution in [0, 0.1) is 0 Å². The van der Waals surface area contributed by atoms with E-state index in [0.29, 0.717) is 13.0 Å². The average molecular weight is 742 g/mol. The van der Waals surface area contributed by atoms with Gasteiger partial charge in [-0.2, -0.15) is 0 Å². The number of carbonyl (C=O) groups excluding carboxylic acids is 1. The van der Waals surface area contributed by atoms with E-state index in [2.05, 4.69) is 62.5 Å². The zero-order valence-electron chi connectivity index (χ0n) is 31.9. The minimum atomic E-state index is -4.62. The van der Waals surface area contributed by atoms with Gasteiger partial charge in [-0.1, -0.05) is 146 Å². The Morgan fingerprint density at radius 2 is 1.14 bits per heavy atom. The minimum Gasteiger partial charge on any atom is -0.480 e. The van der Waals surface area contributed by atoms with Crippen molar-refractivity contribution >= 4 is 19.8 Å². The maximum atomic E-state index is 12.6. The second kappa shape index (κ2) is 36.3. The number of aliphatic carboxylic acids is 1. The molecule has 11 heteroatoms. The number of hydrogen-bond acceptors (Lipinski definition) is 8. The van der Waals surface area contributed by atoms with Crippen molar-refractivity contribution in [2.45, 2.75) is 167 Å². The summed E-state index contributed by atoms with van der Waals surface area (Å²) in [6.45, 7) is 3.72. The summed E-state index contributed by atoms with van der Waals surface area (Å²) in [6.07, 6.45) is 40.2. The monoisotopic (exact) mass is 741 g/mol. The molecule has 0 radical (unpaired) electrons. The Labute approximate surface area is 309 Å². The number of nitrogens with two attached hydrogens (primary N) is 1. The van der Waals surface area contributed by atoms with Crippen LogP contribution in [0.1, 0.15) is 155 Å². The number of hydrogen-bond donors (Lipinski definition) is 3. The lowest BCUT2D eigenvalue weighted by atomic mass is 10.1. The number of esters is 1. The van der Waals surface area contributed by atoms with E-state index in [1.165, 1.54) is 57.8 Å². The molecule has 0 aromatic carbocycles. The van der Waals surface area contributed by atoms with Gasteiger partial charge in [0.15, 0.2) is 0 Å². The maximum absolute atomic E-state index is 12.6. The number of phosphoric acid groups is 1. The van der Waals surface area contributed by atoms with E-state index < -0.39 is 45.1 Å². The molecule has 0 aromatic rings. The molecule has 0 saturated heterocycles. The van der Waals surface area contributed by atoms with Gasteiger partial charge < -0.3 is 25.2 Å². The molecule has 0 aromatic heterocycles. The Balaban J connectivity index is 4.34. The summed E-state index contributed by atoms with van der Waals surface area (Å²) < 4.78 is 33.2. The number of carbonyl (C=O) groups is 2. The highest BCUT2D eigenvalue weighted by Crippen LogP contribution is 2.43. The molecule has 4 N–H and O–H groups in total. The lowest BCUT2D eigenvalue weighted by molar-refractivity contribution is -0.154. The lowest BCUT2D eigenvalue weighted by Gasteiger charge is -2.20. The molecule has 3 unspecified atom stereocenters. The summed E-state index contributed by atoms with van der Waals surface area (Å²) in [4.78, 5) is 33.4. The highest BCUT2D eigenvalue weighted by Gasteiger charge is 2.27. The van der Waals surface area contributed by atoms with Gasteiger partial charge in [0.2, 0.25) is 0 Å². The van der Waals surface area contributed by atoms with Crippen LogP contribution in [-0.2, 0) is 32.7 Å². The molecule has 296 valence electrons. The van der Waals surface area contributed by atoms with Crippen molar-refractivity contribution in [2.24, 2.45) is 5.73 Å². The van der Waals surface area contributed by atoms with Crippen LogP contribution >= 0.6 is 7.82 Å². The van der Waals surface area contributed by atoms with Crippen LogP contribution < -0.4 is 5.73 Å². The van der Waals surface area contributed by atoms with Crippen LogP contribution in [0.4, 0.5) is 0 Å².